The van der Waals surface area contributed by atoms with Crippen LogP contribution in [0, 0.1) is 11.6 Å². The third-order valence-corrected chi connectivity index (χ3v) is 5.47. The molecule has 0 radical (unpaired) electrons. The summed E-state index contributed by atoms with van der Waals surface area (Å²) in [5, 5.41) is 9.54. The van der Waals surface area contributed by atoms with Crippen LogP contribution < -0.4 is 4.90 Å². The highest BCUT2D eigenvalue weighted by Crippen LogP contribution is 2.40. The van der Waals surface area contributed by atoms with Crippen LogP contribution in [0.1, 0.15) is 18.4 Å². The van der Waals surface area contributed by atoms with E-state index >= 15 is 0 Å². The predicted molar refractivity (Wildman–Crippen MR) is 110 cm³/mol. The number of hydrogen-bond acceptors (Lipinski definition) is 3. The van der Waals surface area contributed by atoms with Crippen LogP contribution in [-0.2, 0) is 10.3 Å². The number of nitrogens with zero attached hydrogens (tertiary/aromatic N) is 1. The molecule has 154 valence electrons. The van der Waals surface area contributed by atoms with E-state index in [1.54, 1.807) is 30.3 Å². The molecule has 4 nitrogen and oxygen atoms in total. The van der Waals surface area contributed by atoms with Gasteiger partial charge in [0.25, 0.3) is 0 Å². The summed E-state index contributed by atoms with van der Waals surface area (Å²) >= 11 is 0. The largest absolute Gasteiger partial charge is 0.437 e. The Labute approximate surface area is 173 Å². The minimum atomic E-state index is -0.984. The van der Waals surface area contributed by atoms with Gasteiger partial charge in [-0.3, -0.25) is 4.90 Å². The molecule has 1 atom stereocenters. The van der Waals surface area contributed by atoms with E-state index in [4.69, 9.17) is 4.74 Å². The van der Waals surface area contributed by atoms with E-state index in [0.717, 1.165) is 11.6 Å². The number of carbonyl (C=O) groups is 1. The van der Waals surface area contributed by atoms with Crippen molar-refractivity contribution in [1.29, 1.82) is 0 Å². The van der Waals surface area contributed by atoms with E-state index in [2.05, 4.69) is 0 Å². The van der Waals surface area contributed by atoms with Gasteiger partial charge in [-0.1, -0.05) is 60.7 Å². The fourth-order valence-electron chi connectivity index (χ4n) is 3.91. The molecule has 1 heterocycles. The highest BCUT2D eigenvalue weighted by molar-refractivity contribution is 5.90. The first-order chi connectivity index (χ1) is 14.5. The lowest BCUT2D eigenvalue weighted by Crippen LogP contribution is -2.48. The molecular formula is C24H21F2NO3. The van der Waals surface area contributed by atoms with Crippen LogP contribution in [0.2, 0.25) is 0 Å². The van der Waals surface area contributed by atoms with Crippen molar-refractivity contribution in [1.82, 2.24) is 0 Å². The lowest BCUT2D eigenvalue weighted by Gasteiger charge is -2.41. The number of ether oxygens (including phenoxy) is 1. The number of aliphatic hydroxyl groups is 1. The van der Waals surface area contributed by atoms with Gasteiger partial charge in [0.2, 0.25) is 0 Å². The summed E-state index contributed by atoms with van der Waals surface area (Å²) in [6, 6.07) is 20.1. The van der Waals surface area contributed by atoms with Gasteiger partial charge < -0.3 is 9.84 Å². The normalized spacial score (nSPS) is 18.9. The molecule has 30 heavy (non-hydrogen) atoms. The van der Waals surface area contributed by atoms with Crippen LogP contribution in [0.5, 0.6) is 0 Å². The molecule has 1 N–H and O–H groups in total. The maximum absolute atomic E-state index is 14.6. The average Bonchev–Trinajstić information content (AvgIpc) is 2.76. The van der Waals surface area contributed by atoms with Crippen molar-refractivity contribution in [2.24, 2.45) is 0 Å². The van der Waals surface area contributed by atoms with Crippen molar-refractivity contribution in [3.05, 3.63) is 90.0 Å². The molecule has 0 aliphatic carbocycles. The summed E-state index contributed by atoms with van der Waals surface area (Å²) in [6.07, 6.45) is -0.137. The molecule has 1 aliphatic rings. The van der Waals surface area contributed by atoms with Crippen molar-refractivity contribution in [2.75, 3.05) is 18.1 Å². The Morgan fingerprint density at radius 1 is 0.967 bits per heavy atom. The van der Waals surface area contributed by atoms with Crippen molar-refractivity contribution in [2.45, 2.75) is 18.4 Å². The van der Waals surface area contributed by atoms with E-state index in [-0.39, 0.29) is 30.8 Å². The predicted octanol–water partition coefficient (Wildman–Crippen LogP) is 5.26. The fourth-order valence-corrected chi connectivity index (χ4v) is 3.91. The lowest BCUT2D eigenvalue weighted by atomic mass is 9.86. The topological polar surface area (TPSA) is 49.8 Å². The maximum Gasteiger partial charge on any atom is 0.415 e. The Morgan fingerprint density at radius 3 is 2.27 bits per heavy atom. The monoisotopic (exact) mass is 409 g/mol. The van der Waals surface area contributed by atoms with E-state index in [0.29, 0.717) is 12.0 Å². The molecule has 0 aromatic heterocycles. The van der Waals surface area contributed by atoms with E-state index < -0.39 is 23.3 Å². The van der Waals surface area contributed by atoms with Crippen LogP contribution in [0.4, 0.5) is 19.3 Å². The van der Waals surface area contributed by atoms with Gasteiger partial charge in [0, 0.05) is 37.6 Å². The minimum absolute atomic E-state index is 0.0362. The summed E-state index contributed by atoms with van der Waals surface area (Å²) in [6.45, 7) is 0.00967. The van der Waals surface area contributed by atoms with Crippen LogP contribution in [0.25, 0.3) is 11.1 Å². The van der Waals surface area contributed by atoms with Gasteiger partial charge in [-0.05, 0) is 17.2 Å². The zero-order valence-corrected chi connectivity index (χ0v) is 16.2. The Morgan fingerprint density at radius 2 is 1.63 bits per heavy atom. The quantitative estimate of drug-likeness (QED) is 0.626. The zero-order valence-electron chi connectivity index (χ0n) is 16.2. The molecule has 1 saturated heterocycles. The van der Waals surface area contributed by atoms with Crippen LogP contribution in [0.3, 0.4) is 0 Å². The minimum Gasteiger partial charge on any atom is -0.437 e. The van der Waals surface area contributed by atoms with E-state index in [1.165, 1.54) is 11.0 Å². The molecule has 1 aliphatic heterocycles. The highest BCUT2D eigenvalue weighted by Gasteiger charge is 2.42. The number of aliphatic hydroxyl groups excluding tert-OH is 1. The summed E-state index contributed by atoms with van der Waals surface area (Å²) in [5.74, 6) is -1.54. The third kappa shape index (κ3) is 3.66. The zero-order chi connectivity index (χ0) is 21.1. The molecule has 0 bridgehead atoms. The Hall–Kier alpha value is -3.25. The molecule has 1 fully saturated rings. The van der Waals surface area contributed by atoms with Crippen LogP contribution >= 0.6 is 0 Å². The number of amides is 1. The van der Waals surface area contributed by atoms with E-state index in [1.807, 2.05) is 30.3 Å². The SMILES string of the molecule is O=C1O[C@@](CCO)(c2ccccc2)CCN1c1cc(-c2ccccc2)c(F)cc1F. The molecule has 4 rings (SSSR count). The Balaban J connectivity index is 1.68. The standard InChI is InChI=1S/C24H21F2NO3/c25-20-16-21(26)22(15-19(20)17-7-3-1-4-8-17)27-13-11-24(12-14-28,30-23(27)29)18-9-5-2-6-10-18/h1-10,15-16,28H,11-14H2/t24-/m0/s1. The van der Waals surface area contributed by atoms with Gasteiger partial charge in [-0.15, -0.1) is 0 Å². The number of rotatable bonds is 5. The average molecular weight is 409 g/mol. The molecule has 0 saturated carbocycles. The summed E-state index contributed by atoms with van der Waals surface area (Å²) < 4.78 is 34.8. The first kappa shape index (κ1) is 20.0. The second kappa shape index (κ2) is 8.24. The third-order valence-electron chi connectivity index (χ3n) is 5.47. The van der Waals surface area contributed by atoms with E-state index in [9.17, 15) is 18.7 Å². The number of carbonyl (C=O) groups excluding carboxylic acids is 1. The molecule has 0 unspecified atom stereocenters. The molecule has 3 aromatic rings. The van der Waals surface area contributed by atoms with Gasteiger partial charge in [0.15, 0.2) is 0 Å². The molecule has 3 aromatic carbocycles. The molecule has 1 amide bonds. The fraction of sp³-hybridized carbons (Fsp3) is 0.208. The highest BCUT2D eigenvalue weighted by atomic mass is 19.1. The Bertz CT molecular complexity index is 1040. The molecule has 6 heteroatoms. The summed E-state index contributed by atoms with van der Waals surface area (Å²) in [7, 11) is 0. The van der Waals surface area contributed by atoms with Gasteiger partial charge >= 0.3 is 6.09 Å². The first-order valence-corrected chi connectivity index (χ1v) is 9.75. The summed E-state index contributed by atoms with van der Waals surface area (Å²) in [4.78, 5) is 14.1. The second-order valence-electron chi connectivity index (χ2n) is 7.25. The smallest absolute Gasteiger partial charge is 0.415 e. The van der Waals surface area contributed by atoms with Gasteiger partial charge in [-0.2, -0.15) is 0 Å². The number of benzene rings is 3. The van der Waals surface area contributed by atoms with Gasteiger partial charge in [0.05, 0.1) is 5.69 Å². The molecule has 0 spiro atoms. The number of cyclic esters (lactones) is 1. The van der Waals surface area contributed by atoms with Crippen molar-refractivity contribution < 1.29 is 23.4 Å². The van der Waals surface area contributed by atoms with Crippen LogP contribution in [0.15, 0.2) is 72.8 Å². The number of hydrogen-bond donors (Lipinski definition) is 1. The van der Waals surface area contributed by atoms with Crippen LogP contribution in [-0.4, -0.2) is 24.4 Å². The van der Waals surface area contributed by atoms with Crippen molar-refractivity contribution in [3.63, 3.8) is 0 Å². The van der Waals surface area contributed by atoms with Gasteiger partial charge in [-0.25, -0.2) is 13.6 Å². The Kier molecular flexibility index (Phi) is 5.50. The number of anilines is 1. The van der Waals surface area contributed by atoms with Crippen molar-refractivity contribution in [3.8, 4) is 11.1 Å². The summed E-state index contributed by atoms with van der Waals surface area (Å²) in [5.41, 5.74) is 0.542. The lowest BCUT2D eigenvalue weighted by molar-refractivity contribution is -0.0259. The molecular weight excluding hydrogens is 388 g/mol. The van der Waals surface area contributed by atoms with Gasteiger partial charge in [0.1, 0.15) is 17.2 Å². The number of halogens is 2. The second-order valence-corrected chi connectivity index (χ2v) is 7.25. The van der Waals surface area contributed by atoms with Crippen molar-refractivity contribution >= 4 is 11.8 Å². The maximum atomic E-state index is 14.6. The first-order valence-electron chi connectivity index (χ1n) is 9.75.